The SMILES string of the molecule is CCC(C)N1CCN(C(=O)NC(=O)C(C)Cl)CC1. The number of imide groups is 1. The van der Waals surface area contributed by atoms with E-state index in [1.54, 1.807) is 11.8 Å². The van der Waals surface area contributed by atoms with E-state index in [4.69, 9.17) is 11.6 Å². The van der Waals surface area contributed by atoms with E-state index in [-0.39, 0.29) is 6.03 Å². The lowest BCUT2D eigenvalue weighted by atomic mass is 10.2. The maximum absolute atomic E-state index is 11.8. The van der Waals surface area contributed by atoms with Gasteiger partial charge in [-0.2, -0.15) is 0 Å². The lowest BCUT2D eigenvalue weighted by Gasteiger charge is -2.37. The predicted octanol–water partition coefficient (Wildman–Crippen LogP) is 1.27. The Bertz CT molecular complexity index is 302. The van der Waals surface area contributed by atoms with Crippen LogP contribution < -0.4 is 5.32 Å². The molecule has 18 heavy (non-hydrogen) atoms. The average molecular weight is 276 g/mol. The van der Waals surface area contributed by atoms with Crippen LogP contribution in [0, 0.1) is 0 Å². The van der Waals surface area contributed by atoms with Crippen molar-refractivity contribution in [3.05, 3.63) is 0 Å². The number of rotatable bonds is 3. The Morgan fingerprint density at radius 2 is 1.78 bits per heavy atom. The molecule has 0 saturated carbocycles. The summed E-state index contributed by atoms with van der Waals surface area (Å²) in [6, 6.07) is 0.205. The number of piperazine rings is 1. The molecule has 0 bridgehead atoms. The largest absolute Gasteiger partial charge is 0.324 e. The molecule has 3 amide bonds. The molecule has 1 N–H and O–H groups in total. The molecule has 0 radical (unpaired) electrons. The molecule has 0 aliphatic carbocycles. The van der Waals surface area contributed by atoms with Gasteiger partial charge in [-0.1, -0.05) is 6.92 Å². The molecule has 2 unspecified atom stereocenters. The molecule has 6 heteroatoms. The average Bonchev–Trinajstić information content (AvgIpc) is 2.37. The van der Waals surface area contributed by atoms with Crippen LogP contribution in [-0.2, 0) is 4.79 Å². The standard InChI is InChI=1S/C12H22ClN3O2/c1-4-9(2)15-5-7-16(8-6-15)12(18)14-11(17)10(3)13/h9-10H,4-8H2,1-3H3,(H,14,17,18). The van der Waals surface area contributed by atoms with E-state index in [0.29, 0.717) is 19.1 Å². The molecule has 1 aliphatic rings. The Labute approximate surface area is 113 Å². The van der Waals surface area contributed by atoms with Crippen molar-refractivity contribution in [2.75, 3.05) is 26.2 Å². The fourth-order valence-electron chi connectivity index (χ4n) is 1.91. The van der Waals surface area contributed by atoms with Gasteiger partial charge < -0.3 is 4.90 Å². The lowest BCUT2D eigenvalue weighted by Crippen LogP contribution is -2.54. The molecule has 0 aromatic carbocycles. The predicted molar refractivity (Wildman–Crippen MR) is 71.8 cm³/mol. The van der Waals surface area contributed by atoms with Gasteiger partial charge in [-0.15, -0.1) is 11.6 Å². The first-order chi connectivity index (χ1) is 8.45. The van der Waals surface area contributed by atoms with Gasteiger partial charge in [0.2, 0.25) is 5.91 Å². The summed E-state index contributed by atoms with van der Waals surface area (Å²) in [5.41, 5.74) is 0. The lowest BCUT2D eigenvalue weighted by molar-refractivity contribution is -0.119. The van der Waals surface area contributed by atoms with Gasteiger partial charge in [0.05, 0.1) is 0 Å². The molecule has 1 saturated heterocycles. The van der Waals surface area contributed by atoms with Gasteiger partial charge in [-0.05, 0) is 20.3 Å². The van der Waals surface area contributed by atoms with E-state index in [1.807, 2.05) is 0 Å². The van der Waals surface area contributed by atoms with Crippen molar-refractivity contribution < 1.29 is 9.59 Å². The maximum atomic E-state index is 11.8. The van der Waals surface area contributed by atoms with Crippen molar-refractivity contribution in [3.8, 4) is 0 Å². The minimum Gasteiger partial charge on any atom is -0.322 e. The van der Waals surface area contributed by atoms with Gasteiger partial charge in [0.1, 0.15) is 5.38 Å². The molecule has 2 atom stereocenters. The minimum absolute atomic E-state index is 0.337. The second-order valence-electron chi connectivity index (χ2n) is 4.69. The highest BCUT2D eigenvalue weighted by atomic mass is 35.5. The summed E-state index contributed by atoms with van der Waals surface area (Å²) in [6.07, 6.45) is 1.11. The summed E-state index contributed by atoms with van der Waals surface area (Å²) in [7, 11) is 0. The van der Waals surface area contributed by atoms with E-state index >= 15 is 0 Å². The number of hydrogen-bond acceptors (Lipinski definition) is 3. The Kier molecular flexibility index (Phi) is 5.88. The summed E-state index contributed by atoms with van der Waals surface area (Å²) in [6.45, 7) is 8.91. The topological polar surface area (TPSA) is 52.6 Å². The van der Waals surface area contributed by atoms with Crippen LogP contribution in [0.3, 0.4) is 0 Å². The van der Waals surface area contributed by atoms with Crippen LogP contribution in [0.4, 0.5) is 4.79 Å². The van der Waals surface area contributed by atoms with Crippen LogP contribution in [0.1, 0.15) is 27.2 Å². The highest BCUT2D eigenvalue weighted by molar-refractivity contribution is 6.31. The molecule has 1 aliphatic heterocycles. The number of alkyl halides is 1. The zero-order valence-electron chi connectivity index (χ0n) is 11.3. The third-order valence-corrected chi connectivity index (χ3v) is 3.61. The number of carbonyl (C=O) groups excluding carboxylic acids is 2. The monoisotopic (exact) mass is 275 g/mol. The number of urea groups is 1. The van der Waals surface area contributed by atoms with Crippen LogP contribution in [0.2, 0.25) is 0 Å². The van der Waals surface area contributed by atoms with Gasteiger partial charge in [0.25, 0.3) is 0 Å². The molecule has 0 spiro atoms. The maximum Gasteiger partial charge on any atom is 0.324 e. The number of hydrogen-bond donors (Lipinski definition) is 1. The Morgan fingerprint density at radius 3 is 2.22 bits per heavy atom. The van der Waals surface area contributed by atoms with Crippen molar-refractivity contribution in [3.63, 3.8) is 0 Å². The third-order valence-electron chi connectivity index (χ3n) is 3.41. The van der Waals surface area contributed by atoms with Crippen molar-refractivity contribution in [2.45, 2.75) is 38.6 Å². The first-order valence-corrected chi connectivity index (χ1v) is 6.87. The van der Waals surface area contributed by atoms with Crippen molar-refractivity contribution in [1.82, 2.24) is 15.1 Å². The molecule has 5 nitrogen and oxygen atoms in total. The molecular weight excluding hydrogens is 254 g/mol. The fraction of sp³-hybridized carbons (Fsp3) is 0.833. The van der Waals surface area contributed by atoms with Crippen LogP contribution >= 0.6 is 11.6 Å². The van der Waals surface area contributed by atoms with Gasteiger partial charge in [-0.25, -0.2) is 4.79 Å². The van der Waals surface area contributed by atoms with Crippen LogP contribution in [-0.4, -0.2) is 59.3 Å². The molecule has 0 aromatic heterocycles. The highest BCUT2D eigenvalue weighted by Gasteiger charge is 2.24. The van der Waals surface area contributed by atoms with Gasteiger partial charge in [-0.3, -0.25) is 15.0 Å². The van der Waals surface area contributed by atoms with E-state index in [9.17, 15) is 9.59 Å². The Balaban J connectivity index is 2.38. The van der Waals surface area contributed by atoms with E-state index < -0.39 is 11.3 Å². The number of amides is 3. The summed E-state index contributed by atoms with van der Waals surface area (Å²) < 4.78 is 0. The minimum atomic E-state index is -0.685. The van der Waals surface area contributed by atoms with Crippen molar-refractivity contribution >= 4 is 23.5 Å². The molecule has 1 rings (SSSR count). The second-order valence-corrected chi connectivity index (χ2v) is 5.35. The van der Waals surface area contributed by atoms with Crippen molar-refractivity contribution in [2.24, 2.45) is 0 Å². The summed E-state index contributed by atoms with van der Waals surface area (Å²) in [5.74, 6) is -0.439. The third kappa shape index (κ3) is 4.14. The van der Waals surface area contributed by atoms with E-state index in [0.717, 1.165) is 19.5 Å². The van der Waals surface area contributed by atoms with Gasteiger partial charge in [0.15, 0.2) is 0 Å². The van der Waals surface area contributed by atoms with Crippen LogP contribution in [0.15, 0.2) is 0 Å². The van der Waals surface area contributed by atoms with Gasteiger partial charge in [0, 0.05) is 32.2 Å². The molecule has 1 fully saturated rings. The Hall–Kier alpha value is -0.810. The normalized spacial score (nSPS) is 20.3. The number of nitrogens with zero attached hydrogens (tertiary/aromatic N) is 2. The number of nitrogens with one attached hydrogen (secondary N) is 1. The van der Waals surface area contributed by atoms with E-state index in [1.165, 1.54) is 0 Å². The molecule has 1 heterocycles. The molecular formula is C12H22ClN3O2. The smallest absolute Gasteiger partial charge is 0.322 e. The quantitative estimate of drug-likeness (QED) is 0.789. The fourth-order valence-corrected chi connectivity index (χ4v) is 1.96. The number of halogens is 1. The summed E-state index contributed by atoms with van der Waals surface area (Å²) in [5, 5.41) is 1.62. The second kappa shape index (κ2) is 6.95. The summed E-state index contributed by atoms with van der Waals surface area (Å²) >= 11 is 5.60. The van der Waals surface area contributed by atoms with E-state index in [2.05, 4.69) is 24.1 Å². The Morgan fingerprint density at radius 1 is 1.22 bits per heavy atom. The highest BCUT2D eigenvalue weighted by Crippen LogP contribution is 2.08. The molecule has 0 aromatic rings. The van der Waals surface area contributed by atoms with Crippen LogP contribution in [0.5, 0.6) is 0 Å². The first-order valence-electron chi connectivity index (χ1n) is 6.43. The molecule has 104 valence electrons. The van der Waals surface area contributed by atoms with Gasteiger partial charge >= 0.3 is 6.03 Å². The van der Waals surface area contributed by atoms with Crippen molar-refractivity contribution in [1.29, 1.82) is 0 Å². The first kappa shape index (κ1) is 15.2. The zero-order chi connectivity index (χ0) is 13.7. The zero-order valence-corrected chi connectivity index (χ0v) is 12.0. The summed E-state index contributed by atoms with van der Waals surface area (Å²) in [4.78, 5) is 27.1. The number of carbonyl (C=O) groups is 2. The van der Waals surface area contributed by atoms with Crippen LogP contribution in [0.25, 0.3) is 0 Å².